The van der Waals surface area contributed by atoms with E-state index in [9.17, 15) is 14.4 Å². The summed E-state index contributed by atoms with van der Waals surface area (Å²) < 4.78 is 5.32. The number of carbonyl (C=O) groups is 3. The number of primary amides is 1. The predicted molar refractivity (Wildman–Crippen MR) is 75.2 cm³/mol. The highest BCUT2D eigenvalue weighted by molar-refractivity contribution is 5.90. The van der Waals surface area contributed by atoms with E-state index in [0.717, 1.165) is 6.42 Å². The van der Waals surface area contributed by atoms with Gasteiger partial charge in [-0.25, -0.2) is 4.79 Å². The molecule has 118 valence electrons. The van der Waals surface area contributed by atoms with Gasteiger partial charge in [-0.15, -0.1) is 0 Å². The van der Waals surface area contributed by atoms with Crippen LogP contribution in [0.4, 0.5) is 4.79 Å². The monoisotopic (exact) mass is 297 g/mol. The first-order valence-corrected chi connectivity index (χ1v) is 7.22. The molecule has 2 rings (SSSR count). The van der Waals surface area contributed by atoms with Crippen LogP contribution in [-0.4, -0.2) is 47.5 Å². The molecule has 0 saturated carbocycles. The second kappa shape index (κ2) is 5.20. The van der Waals surface area contributed by atoms with Crippen LogP contribution in [0.5, 0.6) is 0 Å². The second-order valence-electron chi connectivity index (χ2n) is 6.87. The molecule has 2 aliphatic heterocycles. The second-order valence-corrected chi connectivity index (χ2v) is 6.87. The first-order valence-electron chi connectivity index (χ1n) is 7.22. The molecule has 1 spiro atoms. The van der Waals surface area contributed by atoms with Crippen molar-refractivity contribution in [2.24, 2.45) is 11.1 Å². The third-order valence-corrected chi connectivity index (χ3v) is 3.99. The molecule has 0 unspecified atom stereocenters. The number of nitrogens with one attached hydrogen (secondary N) is 1. The van der Waals surface area contributed by atoms with Gasteiger partial charge < -0.3 is 15.8 Å². The van der Waals surface area contributed by atoms with Crippen molar-refractivity contribution in [1.82, 2.24) is 10.2 Å². The lowest BCUT2D eigenvalue weighted by Crippen LogP contribution is -2.48. The number of amides is 3. The molecule has 0 radical (unpaired) electrons. The average Bonchev–Trinajstić information content (AvgIpc) is 2.72. The van der Waals surface area contributed by atoms with Crippen molar-refractivity contribution in [3.63, 3.8) is 0 Å². The zero-order valence-corrected chi connectivity index (χ0v) is 12.8. The molecule has 2 fully saturated rings. The molecule has 2 saturated heterocycles. The number of likely N-dealkylation sites (tertiary alicyclic amines) is 1. The molecule has 2 aliphatic rings. The number of hydrogen-bond acceptors (Lipinski definition) is 4. The Morgan fingerprint density at radius 3 is 2.62 bits per heavy atom. The van der Waals surface area contributed by atoms with Crippen LogP contribution < -0.4 is 11.1 Å². The number of rotatable bonds is 1. The van der Waals surface area contributed by atoms with E-state index in [2.05, 4.69) is 5.32 Å². The summed E-state index contributed by atoms with van der Waals surface area (Å²) in [4.78, 5) is 37.4. The highest BCUT2D eigenvalue weighted by Crippen LogP contribution is 2.41. The Morgan fingerprint density at radius 2 is 2.10 bits per heavy atom. The van der Waals surface area contributed by atoms with Crippen LogP contribution in [0.1, 0.15) is 40.0 Å². The van der Waals surface area contributed by atoms with Gasteiger partial charge in [0.25, 0.3) is 0 Å². The first kappa shape index (κ1) is 15.6. The molecule has 3 amide bonds. The van der Waals surface area contributed by atoms with Gasteiger partial charge in [-0.3, -0.25) is 14.5 Å². The Hall–Kier alpha value is -1.79. The maximum absolute atomic E-state index is 12.3. The number of hydrogen-bond donors (Lipinski definition) is 2. The fraction of sp³-hybridized carbons (Fsp3) is 0.786. The third-order valence-electron chi connectivity index (χ3n) is 3.99. The smallest absolute Gasteiger partial charge is 0.411 e. The van der Waals surface area contributed by atoms with Gasteiger partial charge in [-0.05, 0) is 40.0 Å². The maximum atomic E-state index is 12.3. The molecule has 2 atom stereocenters. The Morgan fingerprint density at radius 1 is 1.43 bits per heavy atom. The Labute approximate surface area is 124 Å². The van der Waals surface area contributed by atoms with Crippen LogP contribution in [0.2, 0.25) is 0 Å². The molecule has 0 aromatic rings. The first-order chi connectivity index (χ1) is 9.65. The largest absolute Gasteiger partial charge is 0.444 e. The van der Waals surface area contributed by atoms with E-state index in [4.69, 9.17) is 10.5 Å². The number of ether oxygens (including phenoxy) is 1. The van der Waals surface area contributed by atoms with Crippen LogP contribution in [0.25, 0.3) is 0 Å². The van der Waals surface area contributed by atoms with Gasteiger partial charge in [-0.1, -0.05) is 0 Å². The molecule has 21 heavy (non-hydrogen) atoms. The lowest BCUT2D eigenvalue weighted by atomic mass is 9.78. The van der Waals surface area contributed by atoms with Crippen molar-refractivity contribution in [3.8, 4) is 0 Å². The highest BCUT2D eigenvalue weighted by Gasteiger charge is 2.53. The molecule has 7 nitrogen and oxygen atoms in total. The normalized spacial score (nSPS) is 29.4. The van der Waals surface area contributed by atoms with E-state index in [1.165, 1.54) is 4.90 Å². The summed E-state index contributed by atoms with van der Waals surface area (Å²) in [6.45, 7) is 6.08. The van der Waals surface area contributed by atoms with E-state index in [0.29, 0.717) is 13.0 Å². The Bertz CT molecular complexity index is 471. The lowest BCUT2D eigenvalue weighted by molar-refractivity contribution is -0.132. The van der Waals surface area contributed by atoms with Gasteiger partial charge in [0.15, 0.2) is 0 Å². The third kappa shape index (κ3) is 3.11. The summed E-state index contributed by atoms with van der Waals surface area (Å²) in [5, 5.41) is 2.81. The maximum Gasteiger partial charge on any atom is 0.411 e. The van der Waals surface area contributed by atoms with E-state index >= 15 is 0 Å². The van der Waals surface area contributed by atoms with E-state index in [-0.39, 0.29) is 18.9 Å². The van der Waals surface area contributed by atoms with E-state index in [1.807, 2.05) is 0 Å². The van der Waals surface area contributed by atoms with Crippen molar-refractivity contribution in [1.29, 1.82) is 0 Å². The molecule has 7 heteroatoms. The van der Waals surface area contributed by atoms with Gasteiger partial charge in [-0.2, -0.15) is 0 Å². The summed E-state index contributed by atoms with van der Waals surface area (Å²) in [7, 11) is 0. The minimum atomic E-state index is -0.788. The van der Waals surface area contributed by atoms with Gasteiger partial charge in [0, 0.05) is 13.1 Å². The summed E-state index contributed by atoms with van der Waals surface area (Å²) in [5.74, 6) is -0.706. The number of carbonyl (C=O) groups excluding carboxylic acids is 3. The fourth-order valence-electron chi connectivity index (χ4n) is 3.02. The van der Waals surface area contributed by atoms with Gasteiger partial charge >= 0.3 is 6.09 Å². The van der Waals surface area contributed by atoms with Crippen molar-refractivity contribution in [2.45, 2.75) is 51.7 Å². The van der Waals surface area contributed by atoms with E-state index < -0.39 is 29.1 Å². The quantitative estimate of drug-likeness (QED) is 0.730. The van der Waals surface area contributed by atoms with Crippen LogP contribution in [-0.2, 0) is 14.3 Å². The summed E-state index contributed by atoms with van der Waals surface area (Å²) in [6.07, 6.45) is 1.16. The van der Waals surface area contributed by atoms with E-state index in [1.54, 1.807) is 20.8 Å². The molecule has 3 N–H and O–H groups in total. The molecule has 0 aliphatic carbocycles. The van der Waals surface area contributed by atoms with Crippen LogP contribution in [0.15, 0.2) is 0 Å². The molecule has 0 aromatic carbocycles. The number of piperidine rings is 1. The number of nitrogens with zero attached hydrogens (tertiary/aromatic N) is 1. The fourth-order valence-corrected chi connectivity index (χ4v) is 3.02. The van der Waals surface area contributed by atoms with Crippen molar-refractivity contribution >= 4 is 17.9 Å². The van der Waals surface area contributed by atoms with Crippen molar-refractivity contribution in [3.05, 3.63) is 0 Å². The Balaban J connectivity index is 2.21. The van der Waals surface area contributed by atoms with Crippen molar-refractivity contribution in [2.75, 3.05) is 13.1 Å². The molecule has 0 bridgehead atoms. The minimum absolute atomic E-state index is 0.106. The lowest BCUT2D eigenvalue weighted by Gasteiger charge is -2.32. The van der Waals surface area contributed by atoms with Gasteiger partial charge in [0.2, 0.25) is 11.8 Å². The van der Waals surface area contributed by atoms with Crippen LogP contribution >= 0.6 is 0 Å². The standard InChI is InChI=1S/C14H23N3O4/c1-13(2,3)21-12(20)17-8-14(7-9(17)10(15)18)5-4-6-16-11(14)19/h9H,4-8H2,1-3H3,(H2,15,18)(H,16,19)/t9-,14-/m0/s1. The zero-order chi connectivity index (χ0) is 15.8. The minimum Gasteiger partial charge on any atom is -0.444 e. The summed E-state index contributed by atoms with van der Waals surface area (Å²) in [5.41, 5.74) is 4.03. The van der Waals surface area contributed by atoms with Crippen LogP contribution in [0.3, 0.4) is 0 Å². The Kier molecular flexibility index (Phi) is 3.86. The predicted octanol–water partition coefficient (Wildman–Crippen LogP) is 0.378. The molecule has 0 aromatic heterocycles. The SMILES string of the molecule is CC(C)(C)OC(=O)N1C[C@]2(CCCNC2=O)C[C@H]1C(N)=O. The number of nitrogens with two attached hydrogens (primary N) is 1. The molecule has 2 heterocycles. The zero-order valence-electron chi connectivity index (χ0n) is 12.8. The van der Waals surface area contributed by atoms with Crippen molar-refractivity contribution < 1.29 is 19.1 Å². The summed E-state index contributed by atoms with van der Waals surface area (Å²) >= 11 is 0. The van der Waals surface area contributed by atoms with Gasteiger partial charge in [0.05, 0.1) is 5.41 Å². The molecular formula is C14H23N3O4. The molecular weight excluding hydrogens is 274 g/mol. The van der Waals surface area contributed by atoms with Gasteiger partial charge in [0.1, 0.15) is 11.6 Å². The average molecular weight is 297 g/mol. The summed E-state index contributed by atoms with van der Waals surface area (Å²) in [6, 6.07) is -0.788. The van der Waals surface area contributed by atoms with Crippen LogP contribution in [0, 0.1) is 5.41 Å². The topological polar surface area (TPSA) is 102 Å². The highest BCUT2D eigenvalue weighted by atomic mass is 16.6.